The molecule has 0 atom stereocenters. The number of pyridine rings is 1. The first-order chi connectivity index (χ1) is 11.8. The summed E-state index contributed by atoms with van der Waals surface area (Å²) in [6, 6.07) is 5.20. The second kappa shape index (κ2) is 6.42. The number of rotatable bonds is 3. The van der Waals surface area contributed by atoms with E-state index in [-0.39, 0.29) is 22.9 Å². The number of halogens is 5. The average molecular weight is 352 g/mol. The zero-order valence-electron chi connectivity index (χ0n) is 12.4. The van der Waals surface area contributed by atoms with Gasteiger partial charge in [0, 0.05) is 30.2 Å². The van der Waals surface area contributed by atoms with Crippen LogP contribution in [0, 0.1) is 11.6 Å². The smallest absolute Gasteiger partial charge is 0.338 e. The first-order valence-corrected chi connectivity index (χ1v) is 6.91. The zero-order valence-corrected chi connectivity index (χ0v) is 12.4. The molecule has 0 aliphatic rings. The summed E-state index contributed by atoms with van der Waals surface area (Å²) in [5, 5.41) is 2.62. The molecule has 0 saturated heterocycles. The van der Waals surface area contributed by atoms with E-state index in [2.05, 4.69) is 20.3 Å². The number of anilines is 2. The summed E-state index contributed by atoms with van der Waals surface area (Å²) in [5.74, 6) is -1.46. The van der Waals surface area contributed by atoms with E-state index < -0.39 is 23.4 Å². The summed E-state index contributed by atoms with van der Waals surface area (Å²) in [4.78, 5) is 11.5. The van der Waals surface area contributed by atoms with Crippen molar-refractivity contribution in [2.75, 3.05) is 5.32 Å². The quantitative estimate of drug-likeness (QED) is 0.701. The summed E-state index contributed by atoms with van der Waals surface area (Å²) < 4.78 is 64.9. The van der Waals surface area contributed by atoms with Crippen LogP contribution in [0.1, 0.15) is 5.56 Å². The van der Waals surface area contributed by atoms with Crippen LogP contribution in [0.3, 0.4) is 0 Å². The minimum absolute atomic E-state index is 0.0221. The van der Waals surface area contributed by atoms with Crippen molar-refractivity contribution in [2.24, 2.45) is 0 Å². The van der Waals surface area contributed by atoms with E-state index in [1.54, 1.807) is 0 Å². The van der Waals surface area contributed by atoms with Crippen LogP contribution in [0.2, 0.25) is 0 Å². The van der Waals surface area contributed by atoms with Gasteiger partial charge in [-0.05, 0) is 24.3 Å². The fraction of sp³-hybridized carbons (Fsp3) is 0.0625. The minimum Gasteiger partial charge on any atom is -0.338 e. The maximum atomic E-state index is 13.7. The third-order valence-corrected chi connectivity index (χ3v) is 3.17. The highest BCUT2D eigenvalue weighted by Gasteiger charge is 2.31. The molecule has 25 heavy (non-hydrogen) atoms. The van der Waals surface area contributed by atoms with Gasteiger partial charge in [-0.15, -0.1) is 0 Å². The normalized spacial score (nSPS) is 11.4. The lowest BCUT2D eigenvalue weighted by Gasteiger charge is -2.09. The molecule has 0 fully saturated rings. The van der Waals surface area contributed by atoms with Crippen molar-refractivity contribution >= 4 is 11.5 Å². The Morgan fingerprint density at radius 1 is 0.960 bits per heavy atom. The molecule has 0 saturated carbocycles. The number of aromatic nitrogens is 3. The molecule has 0 bridgehead atoms. The predicted octanol–water partition coefficient (Wildman–Crippen LogP) is 4.58. The number of benzene rings is 1. The van der Waals surface area contributed by atoms with Crippen molar-refractivity contribution in [3.63, 3.8) is 0 Å². The van der Waals surface area contributed by atoms with Gasteiger partial charge >= 0.3 is 6.18 Å². The van der Waals surface area contributed by atoms with Crippen LogP contribution in [-0.2, 0) is 6.18 Å². The van der Waals surface area contributed by atoms with Crippen molar-refractivity contribution in [3.8, 4) is 11.4 Å². The highest BCUT2D eigenvalue weighted by atomic mass is 19.4. The Kier molecular flexibility index (Phi) is 4.30. The molecule has 4 nitrogen and oxygen atoms in total. The third kappa shape index (κ3) is 3.87. The Morgan fingerprint density at radius 3 is 2.48 bits per heavy atom. The summed E-state index contributed by atoms with van der Waals surface area (Å²) in [5.41, 5.74) is -0.914. The van der Waals surface area contributed by atoms with Crippen molar-refractivity contribution in [3.05, 3.63) is 66.1 Å². The van der Waals surface area contributed by atoms with E-state index in [9.17, 15) is 22.0 Å². The van der Waals surface area contributed by atoms with Crippen LogP contribution in [0.5, 0.6) is 0 Å². The molecule has 2 heterocycles. The Labute approximate surface area is 138 Å². The van der Waals surface area contributed by atoms with Crippen LogP contribution < -0.4 is 5.32 Å². The molecule has 1 N–H and O–H groups in total. The molecular weight excluding hydrogens is 343 g/mol. The Morgan fingerprint density at radius 2 is 1.76 bits per heavy atom. The van der Waals surface area contributed by atoms with Crippen molar-refractivity contribution in [1.29, 1.82) is 0 Å². The van der Waals surface area contributed by atoms with Crippen LogP contribution in [0.15, 0.2) is 48.9 Å². The second-order valence-electron chi connectivity index (χ2n) is 4.97. The van der Waals surface area contributed by atoms with Gasteiger partial charge in [-0.2, -0.15) is 13.2 Å². The molecular formula is C16H9F5N4. The zero-order chi connectivity index (χ0) is 18.0. The standard InChI is InChI=1S/C16H9F5N4/c17-11-1-2-13(12(18)6-11)24-14-3-4-23-15(25-14)9-5-10(8-22-7-9)16(19,20)21/h1-8H,(H,23,24,25). The SMILES string of the molecule is Fc1ccc(Nc2ccnc(-c3cncc(C(F)(F)F)c3)n2)c(F)c1. The van der Waals surface area contributed by atoms with E-state index in [4.69, 9.17) is 0 Å². The molecule has 3 rings (SSSR count). The van der Waals surface area contributed by atoms with Gasteiger partial charge in [-0.1, -0.05) is 0 Å². The molecule has 0 unspecified atom stereocenters. The maximum Gasteiger partial charge on any atom is 0.417 e. The third-order valence-electron chi connectivity index (χ3n) is 3.17. The van der Waals surface area contributed by atoms with Gasteiger partial charge in [0.2, 0.25) is 0 Å². The Hall–Kier alpha value is -3.10. The number of hydrogen-bond acceptors (Lipinski definition) is 4. The summed E-state index contributed by atoms with van der Waals surface area (Å²) in [6.07, 6.45) is -1.37. The minimum atomic E-state index is -4.55. The molecule has 0 spiro atoms. The van der Waals surface area contributed by atoms with E-state index in [1.807, 2.05) is 0 Å². The fourth-order valence-electron chi connectivity index (χ4n) is 2.01. The predicted molar refractivity (Wildman–Crippen MR) is 79.9 cm³/mol. The molecule has 0 amide bonds. The fourth-order valence-corrected chi connectivity index (χ4v) is 2.01. The maximum absolute atomic E-state index is 13.7. The summed E-state index contributed by atoms with van der Waals surface area (Å²) in [6.45, 7) is 0. The van der Waals surface area contributed by atoms with Gasteiger partial charge in [-0.25, -0.2) is 18.7 Å². The van der Waals surface area contributed by atoms with Crippen molar-refractivity contribution in [1.82, 2.24) is 15.0 Å². The molecule has 0 aliphatic heterocycles. The monoisotopic (exact) mass is 352 g/mol. The average Bonchev–Trinajstić information content (AvgIpc) is 2.57. The van der Waals surface area contributed by atoms with Crippen LogP contribution in [-0.4, -0.2) is 15.0 Å². The molecule has 9 heteroatoms. The van der Waals surface area contributed by atoms with Gasteiger partial charge in [-0.3, -0.25) is 4.98 Å². The van der Waals surface area contributed by atoms with Crippen LogP contribution in [0.4, 0.5) is 33.5 Å². The topological polar surface area (TPSA) is 50.7 Å². The Balaban J connectivity index is 1.92. The van der Waals surface area contributed by atoms with Gasteiger partial charge in [0.05, 0.1) is 11.3 Å². The highest BCUT2D eigenvalue weighted by Crippen LogP contribution is 2.31. The molecule has 3 aromatic rings. The summed E-state index contributed by atoms with van der Waals surface area (Å²) >= 11 is 0. The number of nitrogens with one attached hydrogen (secondary N) is 1. The lowest BCUT2D eigenvalue weighted by atomic mass is 10.2. The Bertz CT molecular complexity index is 911. The number of hydrogen-bond donors (Lipinski definition) is 1. The van der Waals surface area contributed by atoms with Crippen molar-refractivity contribution < 1.29 is 22.0 Å². The van der Waals surface area contributed by atoms with Gasteiger partial charge in [0.15, 0.2) is 5.82 Å². The van der Waals surface area contributed by atoms with E-state index in [1.165, 1.54) is 24.5 Å². The number of alkyl halides is 3. The first kappa shape index (κ1) is 16.7. The molecule has 0 radical (unpaired) electrons. The largest absolute Gasteiger partial charge is 0.417 e. The second-order valence-corrected chi connectivity index (χ2v) is 4.97. The van der Waals surface area contributed by atoms with E-state index in [0.717, 1.165) is 12.1 Å². The lowest BCUT2D eigenvalue weighted by Crippen LogP contribution is -2.06. The molecule has 128 valence electrons. The molecule has 2 aromatic heterocycles. The van der Waals surface area contributed by atoms with Gasteiger partial charge in [0.25, 0.3) is 0 Å². The van der Waals surface area contributed by atoms with Gasteiger partial charge in [0.1, 0.15) is 17.5 Å². The molecule has 1 aromatic carbocycles. The van der Waals surface area contributed by atoms with Crippen molar-refractivity contribution in [2.45, 2.75) is 6.18 Å². The molecule has 0 aliphatic carbocycles. The van der Waals surface area contributed by atoms with Gasteiger partial charge < -0.3 is 5.32 Å². The highest BCUT2D eigenvalue weighted by molar-refractivity contribution is 5.61. The van der Waals surface area contributed by atoms with Crippen LogP contribution in [0.25, 0.3) is 11.4 Å². The van der Waals surface area contributed by atoms with E-state index in [0.29, 0.717) is 12.3 Å². The number of nitrogens with zero attached hydrogens (tertiary/aromatic N) is 3. The summed E-state index contributed by atoms with van der Waals surface area (Å²) in [7, 11) is 0. The lowest BCUT2D eigenvalue weighted by molar-refractivity contribution is -0.137. The van der Waals surface area contributed by atoms with E-state index >= 15 is 0 Å². The first-order valence-electron chi connectivity index (χ1n) is 6.91. The van der Waals surface area contributed by atoms with Crippen LogP contribution >= 0.6 is 0 Å².